The van der Waals surface area contributed by atoms with Gasteiger partial charge in [-0.25, -0.2) is 17.8 Å². The van der Waals surface area contributed by atoms with Crippen molar-refractivity contribution in [2.24, 2.45) is 8.36 Å². The number of carbonyl (C=O) groups is 2. The van der Waals surface area contributed by atoms with E-state index >= 15 is 0 Å². The van der Waals surface area contributed by atoms with Gasteiger partial charge in [-0.05, 0) is 20.8 Å². The molecule has 0 radical (unpaired) electrons. The number of hydrogen-bond acceptors (Lipinski definition) is 8. The van der Waals surface area contributed by atoms with Crippen LogP contribution in [0.15, 0.2) is 13.7 Å². The number of aromatic nitrogens is 1. The molecule has 0 aliphatic rings. The maximum atomic E-state index is 11.6. The molecule has 126 valence electrons. The number of thiazole rings is 1. The molecule has 11 heteroatoms. The van der Waals surface area contributed by atoms with Crippen LogP contribution in [-0.2, 0) is 14.4 Å². The zero-order valence-electron chi connectivity index (χ0n) is 12.6. The number of hydrogen-bond donors (Lipinski definition) is 2. The Labute approximate surface area is 150 Å². The average Bonchev–Trinajstić information content (AvgIpc) is 2.84. The monoisotopic (exact) mass is 454 g/mol. The lowest BCUT2D eigenvalue weighted by molar-refractivity contribution is -0.129. The van der Waals surface area contributed by atoms with E-state index in [1.54, 1.807) is 43.6 Å². The van der Waals surface area contributed by atoms with Gasteiger partial charge >= 0.3 is 12.1 Å². The highest BCUT2D eigenvalue weighted by atomic mass is 127. The largest absolute Gasteiger partial charge is 0.476 e. The van der Waals surface area contributed by atoms with Gasteiger partial charge in [-0.3, -0.25) is 5.32 Å². The Morgan fingerprint density at radius 3 is 2.78 bits per heavy atom. The number of ether oxygens (including phenoxy) is 1. The second-order valence-electron chi connectivity index (χ2n) is 4.99. The van der Waals surface area contributed by atoms with Crippen LogP contribution in [0, 0.1) is 0 Å². The van der Waals surface area contributed by atoms with Gasteiger partial charge in [0.05, 0.1) is 29.1 Å². The first-order valence-electron chi connectivity index (χ1n) is 6.25. The van der Waals surface area contributed by atoms with Gasteiger partial charge in [0.2, 0.25) is 5.71 Å². The molecule has 1 amide bonds. The van der Waals surface area contributed by atoms with Gasteiger partial charge < -0.3 is 14.7 Å². The Bertz CT molecular complexity index is 623. The van der Waals surface area contributed by atoms with E-state index in [1.165, 1.54) is 11.6 Å². The van der Waals surface area contributed by atoms with Crippen molar-refractivity contribution in [1.82, 2.24) is 4.98 Å². The third-order valence-corrected chi connectivity index (χ3v) is 3.08. The van der Waals surface area contributed by atoms with Crippen LogP contribution < -0.4 is 5.32 Å². The van der Waals surface area contributed by atoms with E-state index in [0.717, 1.165) is 11.3 Å². The summed E-state index contributed by atoms with van der Waals surface area (Å²) in [5, 5.41) is 16.7. The fourth-order valence-corrected chi connectivity index (χ4v) is 2.03. The lowest BCUT2D eigenvalue weighted by Gasteiger charge is -2.18. The molecule has 0 aliphatic heterocycles. The number of amides is 1. The minimum atomic E-state index is -1.30. The van der Waals surface area contributed by atoms with Crippen molar-refractivity contribution in [2.45, 2.75) is 26.4 Å². The Kier molecular flexibility index (Phi) is 7.35. The van der Waals surface area contributed by atoms with Gasteiger partial charge in [-0.15, -0.1) is 11.3 Å². The maximum Gasteiger partial charge on any atom is 0.413 e. The molecule has 1 rings (SSSR count). The van der Waals surface area contributed by atoms with Gasteiger partial charge in [0, 0.05) is 5.38 Å². The summed E-state index contributed by atoms with van der Waals surface area (Å²) in [6.45, 7) is 5.22. The van der Waals surface area contributed by atoms with Crippen molar-refractivity contribution in [3.05, 3.63) is 11.1 Å². The van der Waals surface area contributed by atoms with Crippen LogP contribution >= 0.6 is 34.2 Å². The molecule has 0 aliphatic carbocycles. The maximum absolute atomic E-state index is 11.6. The summed E-state index contributed by atoms with van der Waals surface area (Å²) >= 11 is 2.80. The molecule has 1 aromatic rings. The molecule has 0 unspecified atom stereocenters. The molecule has 0 saturated carbocycles. The Balaban J connectivity index is 2.79. The minimum Gasteiger partial charge on any atom is -0.476 e. The van der Waals surface area contributed by atoms with Crippen LogP contribution in [0.5, 0.6) is 0 Å². The molecule has 0 aromatic carbocycles. The lowest BCUT2D eigenvalue weighted by Crippen LogP contribution is -2.27. The smallest absolute Gasteiger partial charge is 0.413 e. The second-order valence-corrected chi connectivity index (χ2v) is 6.40. The number of carboxylic acids is 1. The first-order chi connectivity index (χ1) is 10.7. The Morgan fingerprint density at radius 2 is 2.22 bits per heavy atom. The van der Waals surface area contributed by atoms with Crippen LogP contribution in [0.3, 0.4) is 0 Å². The fraction of sp³-hybridized carbons (Fsp3) is 0.417. The highest BCUT2D eigenvalue weighted by molar-refractivity contribution is 14.1. The summed E-state index contributed by atoms with van der Waals surface area (Å²) < 4.78 is 8.73. The summed E-state index contributed by atoms with van der Waals surface area (Å²) in [5.41, 5.74) is -0.952. The second kappa shape index (κ2) is 8.76. The predicted octanol–water partition coefficient (Wildman–Crippen LogP) is 2.72. The quantitative estimate of drug-likeness (QED) is 0.295. The zero-order chi connectivity index (χ0) is 17.5. The molecule has 1 aromatic heterocycles. The molecule has 0 saturated heterocycles. The third kappa shape index (κ3) is 7.36. The van der Waals surface area contributed by atoms with Crippen molar-refractivity contribution in [3.8, 4) is 0 Å². The van der Waals surface area contributed by atoms with E-state index < -0.39 is 17.7 Å². The van der Waals surface area contributed by atoms with Crippen LogP contribution in [0.1, 0.15) is 26.5 Å². The topological polar surface area (TPSA) is 122 Å². The summed E-state index contributed by atoms with van der Waals surface area (Å²) in [6.07, 6.45) is 0.738. The Morgan fingerprint density at radius 1 is 1.52 bits per heavy atom. The lowest BCUT2D eigenvalue weighted by atomic mass is 10.2. The van der Waals surface area contributed by atoms with Crippen molar-refractivity contribution < 1.29 is 24.3 Å². The number of carbonyl (C=O) groups excluding carboxylic acids is 1. The summed E-state index contributed by atoms with van der Waals surface area (Å²) in [6, 6.07) is 0. The number of carboxylic acid groups (broad SMARTS) is 1. The first-order valence-corrected chi connectivity index (χ1v) is 8.09. The summed E-state index contributed by atoms with van der Waals surface area (Å²) in [5.74, 6) is -1.30. The minimum absolute atomic E-state index is 0.0346. The average molecular weight is 454 g/mol. The first kappa shape index (κ1) is 19.3. The van der Waals surface area contributed by atoms with Crippen molar-refractivity contribution in [3.63, 3.8) is 0 Å². The molecule has 1 heterocycles. The standard InChI is InChI=1S/C12H15IN4O5S/c1-12(2,3)22-11(20)16-10-15-7(6-23-10)8(9(18)19)17-21-5-4-14-13/h4,6H,5H2,1-3H3,(H,18,19)(H,15,16,20)/b14-4+,17-8-. The molecule has 0 fully saturated rings. The van der Waals surface area contributed by atoms with E-state index in [1.807, 2.05) is 0 Å². The van der Waals surface area contributed by atoms with Crippen molar-refractivity contribution in [1.29, 1.82) is 0 Å². The van der Waals surface area contributed by atoms with Crippen LogP contribution in [-0.4, -0.2) is 46.3 Å². The van der Waals surface area contributed by atoms with Gasteiger partial charge in [0.15, 0.2) is 11.7 Å². The molecular formula is C12H15IN4O5S. The number of nitrogens with one attached hydrogen (secondary N) is 1. The normalized spacial score (nSPS) is 12.3. The highest BCUT2D eigenvalue weighted by Crippen LogP contribution is 2.18. The SMILES string of the molecule is CC(C)(C)OC(=O)Nc1nc(/C(=N/OC/C=N/I)C(=O)O)cs1. The van der Waals surface area contributed by atoms with E-state index in [0.29, 0.717) is 0 Å². The molecule has 0 spiro atoms. The summed E-state index contributed by atoms with van der Waals surface area (Å²) in [7, 11) is 0. The third-order valence-electron chi connectivity index (χ3n) is 1.93. The van der Waals surface area contributed by atoms with Gasteiger partial charge in [-0.1, -0.05) is 5.16 Å². The summed E-state index contributed by atoms with van der Waals surface area (Å²) in [4.78, 5) is 31.6. The molecule has 0 atom stereocenters. The molecule has 9 nitrogen and oxygen atoms in total. The number of halogens is 1. The van der Waals surface area contributed by atoms with Crippen LogP contribution in [0.25, 0.3) is 0 Å². The molecule has 0 bridgehead atoms. The van der Waals surface area contributed by atoms with Gasteiger partial charge in [-0.2, -0.15) is 0 Å². The highest BCUT2D eigenvalue weighted by Gasteiger charge is 2.20. The van der Waals surface area contributed by atoms with E-state index in [9.17, 15) is 9.59 Å². The predicted molar refractivity (Wildman–Crippen MR) is 94.6 cm³/mol. The molecule has 2 N–H and O–H groups in total. The number of aliphatic carboxylic acids is 1. The van der Waals surface area contributed by atoms with E-state index in [2.05, 4.69) is 18.7 Å². The van der Waals surface area contributed by atoms with Gasteiger partial charge in [0.1, 0.15) is 11.3 Å². The zero-order valence-corrected chi connectivity index (χ0v) is 15.5. The molecule has 23 heavy (non-hydrogen) atoms. The van der Waals surface area contributed by atoms with E-state index in [-0.39, 0.29) is 23.1 Å². The number of oxime groups is 1. The molecular weight excluding hydrogens is 439 g/mol. The van der Waals surface area contributed by atoms with Crippen LogP contribution in [0.4, 0.5) is 9.93 Å². The van der Waals surface area contributed by atoms with Crippen LogP contribution in [0.2, 0.25) is 0 Å². The Hall–Kier alpha value is -1.76. The van der Waals surface area contributed by atoms with Gasteiger partial charge in [0.25, 0.3) is 0 Å². The fourth-order valence-electron chi connectivity index (χ4n) is 1.19. The number of anilines is 1. The number of rotatable bonds is 6. The van der Waals surface area contributed by atoms with Crippen molar-refractivity contribution >= 4 is 63.3 Å². The van der Waals surface area contributed by atoms with Crippen molar-refractivity contribution in [2.75, 3.05) is 11.9 Å². The number of nitrogens with zero attached hydrogens (tertiary/aromatic N) is 3. The van der Waals surface area contributed by atoms with E-state index in [4.69, 9.17) is 14.7 Å².